The fraction of sp³-hybridized carbons (Fsp3) is 0.455. The molecule has 0 bridgehead atoms. The summed E-state index contributed by atoms with van der Waals surface area (Å²) in [5, 5.41) is -1.20. The zero-order valence-electron chi connectivity index (χ0n) is 10.6. The highest BCUT2D eigenvalue weighted by molar-refractivity contribution is 7.86. The maximum atomic E-state index is 11.4. The predicted molar refractivity (Wildman–Crippen MR) is 70.2 cm³/mol. The van der Waals surface area contributed by atoms with Gasteiger partial charge in [-0.1, -0.05) is 25.5 Å². The molecule has 0 aliphatic heterocycles. The third-order valence-corrected chi connectivity index (χ3v) is 5.07. The van der Waals surface area contributed by atoms with Crippen molar-refractivity contribution in [2.24, 2.45) is 0 Å². The lowest BCUT2D eigenvalue weighted by Gasteiger charge is -2.17. The van der Waals surface area contributed by atoms with Gasteiger partial charge in [0.15, 0.2) is 0 Å². The van der Waals surface area contributed by atoms with E-state index in [1.54, 1.807) is 6.92 Å². The first-order valence-corrected chi connectivity index (χ1v) is 8.56. The van der Waals surface area contributed by atoms with Crippen molar-refractivity contribution in [3.05, 3.63) is 29.3 Å². The first-order chi connectivity index (χ1) is 8.59. The van der Waals surface area contributed by atoms with Gasteiger partial charge >= 0.3 is 0 Å². The van der Waals surface area contributed by atoms with Crippen molar-refractivity contribution in [2.75, 3.05) is 0 Å². The van der Waals surface area contributed by atoms with Gasteiger partial charge in [0.25, 0.3) is 20.2 Å². The SMILES string of the molecule is CCCC(c1cccc(S(=O)(=O)O)c1C)S(=O)(=O)O. The van der Waals surface area contributed by atoms with E-state index in [0.29, 0.717) is 6.42 Å². The molecule has 1 unspecified atom stereocenters. The number of rotatable bonds is 5. The topological polar surface area (TPSA) is 109 Å². The van der Waals surface area contributed by atoms with Crippen LogP contribution in [0.3, 0.4) is 0 Å². The van der Waals surface area contributed by atoms with Gasteiger partial charge in [0.2, 0.25) is 0 Å². The Hall–Kier alpha value is -0.960. The second kappa shape index (κ2) is 5.58. The van der Waals surface area contributed by atoms with Crippen LogP contribution in [0.25, 0.3) is 0 Å². The van der Waals surface area contributed by atoms with E-state index in [4.69, 9.17) is 4.55 Å². The molecule has 1 atom stereocenters. The Bertz CT molecular complexity index is 660. The molecule has 0 aliphatic rings. The fourth-order valence-corrected chi connectivity index (χ4v) is 3.85. The quantitative estimate of drug-likeness (QED) is 0.805. The summed E-state index contributed by atoms with van der Waals surface area (Å²) in [5.41, 5.74) is 0.306. The van der Waals surface area contributed by atoms with E-state index in [1.165, 1.54) is 25.1 Å². The third-order valence-electron chi connectivity index (χ3n) is 2.86. The van der Waals surface area contributed by atoms with Crippen LogP contribution in [0.4, 0.5) is 0 Å². The number of hydrogen-bond acceptors (Lipinski definition) is 4. The molecule has 0 fully saturated rings. The van der Waals surface area contributed by atoms with Crippen LogP contribution >= 0.6 is 0 Å². The van der Waals surface area contributed by atoms with Crippen molar-refractivity contribution in [1.29, 1.82) is 0 Å². The lowest BCUT2D eigenvalue weighted by molar-refractivity contribution is 0.461. The summed E-state index contributed by atoms with van der Waals surface area (Å²) in [7, 11) is -8.77. The van der Waals surface area contributed by atoms with Gasteiger partial charge in [0, 0.05) is 0 Å². The van der Waals surface area contributed by atoms with E-state index < -0.39 is 25.5 Å². The molecule has 0 saturated heterocycles. The fourth-order valence-electron chi connectivity index (χ4n) is 1.99. The van der Waals surface area contributed by atoms with E-state index in [-0.39, 0.29) is 22.4 Å². The molecule has 108 valence electrons. The third kappa shape index (κ3) is 3.75. The molecule has 8 heteroatoms. The molecule has 1 rings (SSSR count). The van der Waals surface area contributed by atoms with Gasteiger partial charge in [0.1, 0.15) is 5.25 Å². The largest absolute Gasteiger partial charge is 0.294 e. The van der Waals surface area contributed by atoms with Crippen molar-refractivity contribution in [2.45, 2.75) is 36.8 Å². The number of benzene rings is 1. The van der Waals surface area contributed by atoms with Crippen molar-refractivity contribution in [3.8, 4) is 0 Å². The molecule has 2 N–H and O–H groups in total. The van der Waals surface area contributed by atoms with Crippen molar-refractivity contribution >= 4 is 20.2 Å². The van der Waals surface area contributed by atoms with Crippen molar-refractivity contribution < 1.29 is 25.9 Å². The minimum atomic E-state index is -4.43. The van der Waals surface area contributed by atoms with Crippen molar-refractivity contribution in [1.82, 2.24) is 0 Å². The normalized spacial score (nSPS) is 14.3. The van der Waals surface area contributed by atoms with Crippen LogP contribution in [0.1, 0.15) is 36.1 Å². The van der Waals surface area contributed by atoms with Crippen LogP contribution < -0.4 is 0 Å². The summed E-state index contributed by atoms with van der Waals surface area (Å²) >= 11 is 0. The average molecular weight is 308 g/mol. The molecule has 6 nitrogen and oxygen atoms in total. The molecule has 0 spiro atoms. The van der Waals surface area contributed by atoms with Gasteiger partial charge in [-0.25, -0.2) is 0 Å². The summed E-state index contributed by atoms with van der Waals surface area (Å²) in [5.74, 6) is 0. The van der Waals surface area contributed by atoms with Gasteiger partial charge in [0.05, 0.1) is 4.90 Å². The zero-order valence-corrected chi connectivity index (χ0v) is 12.2. The maximum Gasteiger partial charge on any atom is 0.294 e. The first-order valence-electron chi connectivity index (χ1n) is 5.62. The summed E-state index contributed by atoms with van der Waals surface area (Å²) in [6, 6.07) is 3.94. The summed E-state index contributed by atoms with van der Waals surface area (Å²) in [6.07, 6.45) is 0.661. The average Bonchev–Trinajstić information content (AvgIpc) is 2.23. The van der Waals surface area contributed by atoms with Crippen molar-refractivity contribution in [3.63, 3.8) is 0 Å². The Balaban J connectivity index is 3.51. The molecule has 0 saturated carbocycles. The van der Waals surface area contributed by atoms with Crippen LogP contribution in [0.5, 0.6) is 0 Å². The summed E-state index contributed by atoms with van der Waals surface area (Å²) in [6.45, 7) is 3.15. The Labute approximate surface area is 113 Å². The monoisotopic (exact) mass is 308 g/mol. The van der Waals surface area contributed by atoms with E-state index >= 15 is 0 Å². The minimum Gasteiger partial charge on any atom is -0.285 e. The number of hydrogen-bond donors (Lipinski definition) is 2. The second-order valence-electron chi connectivity index (χ2n) is 4.24. The molecular formula is C11H16O6S2. The molecule has 1 aromatic rings. The molecule has 0 aliphatic carbocycles. The van der Waals surface area contributed by atoms with E-state index in [2.05, 4.69) is 0 Å². The zero-order chi connectivity index (χ0) is 14.8. The molecular weight excluding hydrogens is 292 g/mol. The Kier molecular flexibility index (Phi) is 4.72. The minimum absolute atomic E-state index is 0.126. The standard InChI is InChI=1S/C11H16O6S2/c1-3-5-11(19(15,16)17)9-6-4-7-10(8(9)2)18(12,13)14/h4,6-7,11H,3,5H2,1-2H3,(H,12,13,14)(H,15,16,17). The molecule has 0 aromatic heterocycles. The summed E-state index contributed by atoms with van der Waals surface area (Å²) < 4.78 is 63.4. The van der Waals surface area contributed by atoms with Crippen LogP contribution in [0, 0.1) is 6.92 Å². The van der Waals surface area contributed by atoms with Gasteiger partial charge in [-0.05, 0) is 30.5 Å². The van der Waals surface area contributed by atoms with Gasteiger partial charge in [-0.3, -0.25) is 9.11 Å². The maximum absolute atomic E-state index is 11.4. The highest BCUT2D eigenvalue weighted by atomic mass is 32.2. The van der Waals surface area contributed by atoms with Gasteiger partial charge < -0.3 is 0 Å². The highest BCUT2D eigenvalue weighted by Gasteiger charge is 2.28. The van der Waals surface area contributed by atoms with Gasteiger partial charge in [-0.2, -0.15) is 16.8 Å². The van der Waals surface area contributed by atoms with E-state index in [1.807, 2.05) is 0 Å². The molecule has 19 heavy (non-hydrogen) atoms. The summed E-state index contributed by atoms with van der Waals surface area (Å²) in [4.78, 5) is -0.352. The molecule has 0 amide bonds. The Morgan fingerprint density at radius 3 is 2.16 bits per heavy atom. The molecule has 0 heterocycles. The second-order valence-corrected chi connectivity index (χ2v) is 7.23. The van der Waals surface area contributed by atoms with Gasteiger partial charge in [-0.15, -0.1) is 0 Å². The Morgan fingerprint density at radius 1 is 1.16 bits per heavy atom. The smallest absolute Gasteiger partial charge is 0.285 e. The molecule has 0 radical (unpaired) electrons. The van der Waals surface area contributed by atoms with Crippen LogP contribution in [-0.2, 0) is 20.2 Å². The first kappa shape index (κ1) is 16.1. The van der Waals surface area contributed by atoms with Crippen LogP contribution in [0.2, 0.25) is 0 Å². The lowest BCUT2D eigenvalue weighted by Crippen LogP contribution is -2.15. The predicted octanol–water partition coefficient (Wildman–Crippen LogP) is 1.97. The van der Waals surface area contributed by atoms with E-state index in [9.17, 15) is 21.4 Å². The van der Waals surface area contributed by atoms with Crippen LogP contribution in [0.15, 0.2) is 23.1 Å². The lowest BCUT2D eigenvalue weighted by atomic mass is 10.0. The van der Waals surface area contributed by atoms with E-state index in [0.717, 1.165) is 0 Å². The Morgan fingerprint density at radius 2 is 1.74 bits per heavy atom. The highest BCUT2D eigenvalue weighted by Crippen LogP contribution is 2.31. The van der Waals surface area contributed by atoms with Crippen LogP contribution in [-0.4, -0.2) is 25.9 Å². The molecule has 1 aromatic carbocycles.